The van der Waals surface area contributed by atoms with Crippen LogP contribution < -0.4 is 5.32 Å². The number of nitrogens with one attached hydrogen (secondary N) is 1. The Bertz CT molecular complexity index is 935. The second-order valence-electron chi connectivity index (χ2n) is 6.51. The van der Waals surface area contributed by atoms with E-state index < -0.39 is 9.84 Å². The molecule has 0 radical (unpaired) electrons. The Kier molecular flexibility index (Phi) is 6.53. The number of hydrogen-bond donors (Lipinski definition) is 1. The molecule has 2 aromatic rings. The summed E-state index contributed by atoms with van der Waals surface area (Å²) in [5.74, 6) is 0.365. The van der Waals surface area contributed by atoms with Crippen LogP contribution in [0.15, 0.2) is 53.8 Å². The van der Waals surface area contributed by atoms with E-state index in [4.69, 9.17) is 4.74 Å². The van der Waals surface area contributed by atoms with E-state index in [1.807, 2.05) is 6.08 Å². The zero-order valence-electron chi connectivity index (χ0n) is 15.7. The molecule has 0 atom stereocenters. The molecule has 1 amide bonds. The first-order chi connectivity index (χ1) is 13.5. The largest absolute Gasteiger partial charge is 0.381 e. The average molecular weight is 401 g/mol. The first-order valence-electron chi connectivity index (χ1n) is 9.19. The molecule has 148 valence electrons. The van der Waals surface area contributed by atoms with Crippen LogP contribution >= 0.6 is 0 Å². The molecule has 1 aliphatic rings. The van der Waals surface area contributed by atoms with Crippen molar-refractivity contribution in [2.45, 2.75) is 24.7 Å². The van der Waals surface area contributed by atoms with Gasteiger partial charge in [0.15, 0.2) is 9.84 Å². The smallest absolute Gasteiger partial charge is 0.257 e. The van der Waals surface area contributed by atoms with E-state index in [2.05, 4.69) is 15.3 Å². The molecule has 1 aliphatic heterocycles. The van der Waals surface area contributed by atoms with Crippen LogP contribution in [0.3, 0.4) is 0 Å². The molecule has 28 heavy (non-hydrogen) atoms. The number of benzene rings is 1. The summed E-state index contributed by atoms with van der Waals surface area (Å²) in [5, 5.41) is 2.78. The molecule has 1 saturated heterocycles. The Morgan fingerprint density at radius 3 is 2.54 bits per heavy atom. The number of rotatable bonds is 6. The summed E-state index contributed by atoms with van der Waals surface area (Å²) in [4.78, 5) is 21.1. The minimum Gasteiger partial charge on any atom is -0.381 e. The number of aromatic nitrogens is 2. The van der Waals surface area contributed by atoms with Gasteiger partial charge in [-0.3, -0.25) is 4.79 Å². The fourth-order valence-corrected chi connectivity index (χ4v) is 3.86. The van der Waals surface area contributed by atoms with E-state index in [1.54, 1.807) is 43.5 Å². The highest BCUT2D eigenvalue weighted by Gasteiger charge is 2.19. The lowest BCUT2D eigenvalue weighted by molar-refractivity contribution is -0.111. The average Bonchev–Trinajstić information content (AvgIpc) is 2.73. The Morgan fingerprint density at radius 1 is 1.21 bits per heavy atom. The number of ether oxygens (including phenoxy) is 1. The van der Waals surface area contributed by atoms with Crippen molar-refractivity contribution in [1.82, 2.24) is 9.97 Å². The maximum atomic E-state index is 12.9. The highest BCUT2D eigenvalue weighted by Crippen LogP contribution is 2.25. The van der Waals surface area contributed by atoms with Gasteiger partial charge in [-0.15, -0.1) is 0 Å². The van der Waals surface area contributed by atoms with Crippen LogP contribution in [0.1, 0.15) is 25.3 Å². The summed E-state index contributed by atoms with van der Waals surface area (Å²) in [6.07, 6.45) is 6.54. The first kappa shape index (κ1) is 20.2. The molecule has 1 aromatic carbocycles. The van der Waals surface area contributed by atoms with Crippen LogP contribution in [0.2, 0.25) is 0 Å². The van der Waals surface area contributed by atoms with Gasteiger partial charge < -0.3 is 10.1 Å². The summed E-state index contributed by atoms with van der Waals surface area (Å²) in [7, 11) is -3.29. The molecule has 0 saturated carbocycles. The van der Waals surface area contributed by atoms with Crippen molar-refractivity contribution < 1.29 is 17.9 Å². The Balaban J connectivity index is 1.91. The Labute approximate surface area is 164 Å². The van der Waals surface area contributed by atoms with Crippen LogP contribution in [-0.4, -0.2) is 43.3 Å². The summed E-state index contributed by atoms with van der Waals surface area (Å²) in [6.45, 7) is 2.93. The summed E-state index contributed by atoms with van der Waals surface area (Å²) >= 11 is 0. The SMILES string of the molecule is CCS(=O)(=O)c1ccc(C(=CC2CCOCC2)C(=O)Nc2ccncn2)cc1. The molecule has 1 N–H and O–H groups in total. The lowest BCUT2D eigenvalue weighted by Crippen LogP contribution is -2.18. The number of sulfone groups is 1. The van der Waals surface area contributed by atoms with Gasteiger partial charge in [0.25, 0.3) is 5.91 Å². The molecule has 0 bridgehead atoms. The number of hydrogen-bond acceptors (Lipinski definition) is 6. The second-order valence-corrected chi connectivity index (χ2v) is 8.78. The Hall–Kier alpha value is -2.58. The van der Waals surface area contributed by atoms with Crippen LogP contribution in [-0.2, 0) is 19.4 Å². The number of anilines is 1. The zero-order chi connectivity index (χ0) is 20.0. The zero-order valence-corrected chi connectivity index (χ0v) is 16.5. The molecular weight excluding hydrogens is 378 g/mol. The van der Waals surface area contributed by atoms with Gasteiger partial charge in [-0.25, -0.2) is 18.4 Å². The van der Waals surface area contributed by atoms with Crippen molar-refractivity contribution in [2.24, 2.45) is 5.92 Å². The van der Waals surface area contributed by atoms with Crippen molar-refractivity contribution in [3.05, 3.63) is 54.5 Å². The van der Waals surface area contributed by atoms with E-state index in [0.29, 0.717) is 30.2 Å². The molecule has 2 heterocycles. The first-order valence-corrected chi connectivity index (χ1v) is 10.8. The maximum absolute atomic E-state index is 12.9. The predicted octanol–water partition coefficient (Wildman–Crippen LogP) is 2.72. The highest BCUT2D eigenvalue weighted by molar-refractivity contribution is 7.91. The van der Waals surface area contributed by atoms with Gasteiger partial charge in [-0.05, 0) is 42.5 Å². The number of amides is 1. The lowest BCUT2D eigenvalue weighted by Gasteiger charge is -2.20. The number of carbonyl (C=O) groups is 1. The molecule has 0 aliphatic carbocycles. The van der Waals surface area contributed by atoms with Crippen molar-refractivity contribution in [3.8, 4) is 0 Å². The predicted molar refractivity (Wildman–Crippen MR) is 106 cm³/mol. The molecule has 8 heteroatoms. The fourth-order valence-electron chi connectivity index (χ4n) is 2.98. The van der Waals surface area contributed by atoms with Gasteiger partial charge >= 0.3 is 0 Å². The van der Waals surface area contributed by atoms with Crippen LogP contribution in [0, 0.1) is 5.92 Å². The molecule has 0 unspecified atom stereocenters. The summed E-state index contributed by atoms with van der Waals surface area (Å²) in [5.41, 5.74) is 1.15. The number of allylic oxidation sites excluding steroid dienone is 1. The van der Waals surface area contributed by atoms with Gasteiger partial charge in [0, 0.05) is 25.0 Å². The van der Waals surface area contributed by atoms with E-state index in [0.717, 1.165) is 12.8 Å². The molecule has 1 aromatic heterocycles. The van der Waals surface area contributed by atoms with Crippen molar-refractivity contribution in [3.63, 3.8) is 0 Å². The normalized spacial score (nSPS) is 16.0. The van der Waals surface area contributed by atoms with Gasteiger partial charge in [-0.2, -0.15) is 0 Å². The van der Waals surface area contributed by atoms with Crippen LogP contribution in [0.25, 0.3) is 5.57 Å². The summed E-state index contributed by atoms with van der Waals surface area (Å²) in [6, 6.07) is 8.05. The Morgan fingerprint density at radius 2 is 1.93 bits per heavy atom. The third-order valence-electron chi connectivity index (χ3n) is 4.64. The fraction of sp³-hybridized carbons (Fsp3) is 0.350. The van der Waals surface area contributed by atoms with Crippen molar-refractivity contribution in [2.75, 3.05) is 24.3 Å². The topological polar surface area (TPSA) is 98.2 Å². The monoisotopic (exact) mass is 401 g/mol. The third kappa shape index (κ3) is 5.02. The maximum Gasteiger partial charge on any atom is 0.257 e. The quantitative estimate of drug-likeness (QED) is 0.748. The van der Waals surface area contributed by atoms with E-state index in [-0.39, 0.29) is 22.5 Å². The minimum absolute atomic E-state index is 0.0331. The van der Waals surface area contributed by atoms with Gasteiger partial charge in [0.05, 0.1) is 10.6 Å². The van der Waals surface area contributed by atoms with Gasteiger partial charge in [0.2, 0.25) is 0 Å². The third-order valence-corrected chi connectivity index (χ3v) is 6.39. The standard InChI is InChI=1S/C20H23N3O4S/c1-2-28(25,26)17-5-3-16(4-6-17)18(13-15-8-11-27-12-9-15)20(24)23-19-7-10-21-14-22-19/h3-7,10,13-15H,2,8-9,11-12H2,1H3,(H,21,22,23,24). The number of carbonyl (C=O) groups excluding carboxylic acids is 1. The van der Waals surface area contributed by atoms with E-state index >= 15 is 0 Å². The second kappa shape index (κ2) is 9.07. The molecule has 1 fully saturated rings. The van der Waals surface area contributed by atoms with Crippen LogP contribution in [0.4, 0.5) is 5.82 Å². The highest BCUT2D eigenvalue weighted by atomic mass is 32.2. The lowest BCUT2D eigenvalue weighted by atomic mass is 9.94. The molecule has 3 rings (SSSR count). The molecule has 0 spiro atoms. The van der Waals surface area contributed by atoms with Crippen LogP contribution in [0.5, 0.6) is 0 Å². The molecule has 7 nitrogen and oxygen atoms in total. The van der Waals surface area contributed by atoms with Gasteiger partial charge in [0.1, 0.15) is 12.1 Å². The van der Waals surface area contributed by atoms with E-state index in [9.17, 15) is 13.2 Å². The minimum atomic E-state index is -3.29. The van der Waals surface area contributed by atoms with Gasteiger partial charge in [-0.1, -0.05) is 25.1 Å². The number of nitrogens with zero attached hydrogens (tertiary/aromatic N) is 2. The summed E-state index contributed by atoms with van der Waals surface area (Å²) < 4.78 is 29.5. The molecular formula is C20H23N3O4S. The van der Waals surface area contributed by atoms with Crippen molar-refractivity contribution in [1.29, 1.82) is 0 Å². The van der Waals surface area contributed by atoms with Crippen molar-refractivity contribution >= 4 is 27.1 Å². The van der Waals surface area contributed by atoms with E-state index in [1.165, 1.54) is 6.33 Å².